The predicted octanol–water partition coefficient (Wildman–Crippen LogP) is 2.12. The van der Waals surface area contributed by atoms with Gasteiger partial charge in [0.1, 0.15) is 10.8 Å². The van der Waals surface area contributed by atoms with E-state index in [-0.39, 0.29) is 17.8 Å². The third-order valence-corrected chi connectivity index (χ3v) is 3.07. The fourth-order valence-corrected chi connectivity index (χ4v) is 1.95. The Hall–Kier alpha value is -2.35. The zero-order valence-corrected chi connectivity index (χ0v) is 10.3. The standard InChI is InChI=1S/C11H8FN3O3S/c12-9-2-1-7(15(17)18)5-8(9)11(16)14-6-10-13-3-4-19-10/h1-5H,6H2,(H,14,16). The van der Waals surface area contributed by atoms with Crippen LogP contribution in [0.2, 0.25) is 0 Å². The molecule has 1 aromatic carbocycles. The molecule has 0 aliphatic rings. The molecule has 0 bridgehead atoms. The number of rotatable bonds is 4. The predicted molar refractivity (Wildman–Crippen MR) is 66.3 cm³/mol. The van der Waals surface area contributed by atoms with Gasteiger partial charge in [-0.2, -0.15) is 0 Å². The highest BCUT2D eigenvalue weighted by atomic mass is 32.1. The van der Waals surface area contributed by atoms with Gasteiger partial charge in [-0.3, -0.25) is 14.9 Å². The lowest BCUT2D eigenvalue weighted by Crippen LogP contribution is -2.23. The fraction of sp³-hybridized carbons (Fsp3) is 0.0909. The van der Waals surface area contributed by atoms with Crippen LogP contribution >= 0.6 is 11.3 Å². The molecule has 0 atom stereocenters. The van der Waals surface area contributed by atoms with Gasteiger partial charge in [-0.25, -0.2) is 9.37 Å². The minimum atomic E-state index is -0.803. The van der Waals surface area contributed by atoms with Crippen LogP contribution in [-0.4, -0.2) is 15.8 Å². The van der Waals surface area contributed by atoms with E-state index >= 15 is 0 Å². The van der Waals surface area contributed by atoms with Crippen LogP contribution in [0.5, 0.6) is 0 Å². The van der Waals surface area contributed by atoms with E-state index < -0.39 is 16.6 Å². The van der Waals surface area contributed by atoms with Crippen molar-refractivity contribution in [1.29, 1.82) is 0 Å². The summed E-state index contributed by atoms with van der Waals surface area (Å²) in [6, 6.07) is 2.82. The number of halogens is 1. The largest absolute Gasteiger partial charge is 0.345 e. The summed E-state index contributed by atoms with van der Waals surface area (Å²) < 4.78 is 13.5. The number of nitro benzene ring substituents is 1. The Balaban J connectivity index is 2.14. The highest BCUT2D eigenvalue weighted by molar-refractivity contribution is 7.09. The number of thiazole rings is 1. The van der Waals surface area contributed by atoms with Crippen LogP contribution in [0.1, 0.15) is 15.4 Å². The molecule has 0 fully saturated rings. The third-order valence-electron chi connectivity index (χ3n) is 2.29. The van der Waals surface area contributed by atoms with Gasteiger partial charge >= 0.3 is 0 Å². The zero-order valence-electron chi connectivity index (χ0n) is 9.50. The molecule has 98 valence electrons. The van der Waals surface area contributed by atoms with Gasteiger partial charge in [0.05, 0.1) is 17.0 Å². The Bertz CT molecular complexity index is 616. The smallest absolute Gasteiger partial charge is 0.270 e. The lowest BCUT2D eigenvalue weighted by Gasteiger charge is -2.04. The second-order valence-electron chi connectivity index (χ2n) is 3.53. The van der Waals surface area contributed by atoms with E-state index in [1.54, 1.807) is 11.6 Å². The minimum absolute atomic E-state index is 0.151. The number of non-ortho nitro benzene ring substituents is 1. The molecular formula is C11H8FN3O3S. The van der Waals surface area contributed by atoms with Crippen LogP contribution in [0.3, 0.4) is 0 Å². The van der Waals surface area contributed by atoms with Crippen molar-refractivity contribution in [3.05, 3.63) is 56.3 Å². The summed E-state index contributed by atoms with van der Waals surface area (Å²) in [6.45, 7) is 0.151. The summed E-state index contributed by atoms with van der Waals surface area (Å²) in [5.41, 5.74) is -0.688. The highest BCUT2D eigenvalue weighted by Crippen LogP contribution is 2.17. The van der Waals surface area contributed by atoms with Crippen LogP contribution in [0.4, 0.5) is 10.1 Å². The van der Waals surface area contributed by atoms with Crippen molar-refractivity contribution in [1.82, 2.24) is 10.3 Å². The molecule has 1 aromatic heterocycles. The molecule has 6 nitrogen and oxygen atoms in total. The molecule has 0 saturated carbocycles. The molecule has 1 amide bonds. The molecule has 8 heteroatoms. The topological polar surface area (TPSA) is 85.1 Å². The maximum Gasteiger partial charge on any atom is 0.270 e. The van der Waals surface area contributed by atoms with E-state index in [2.05, 4.69) is 10.3 Å². The molecule has 0 saturated heterocycles. The van der Waals surface area contributed by atoms with Gasteiger partial charge in [0, 0.05) is 23.7 Å². The SMILES string of the molecule is O=C(NCc1nccs1)c1cc([N+](=O)[O-])ccc1F. The number of nitro groups is 1. The van der Waals surface area contributed by atoms with Gasteiger partial charge in [0.2, 0.25) is 0 Å². The second kappa shape index (κ2) is 5.53. The number of aromatic nitrogens is 1. The monoisotopic (exact) mass is 281 g/mol. The first-order chi connectivity index (χ1) is 9.08. The van der Waals surface area contributed by atoms with Crippen molar-refractivity contribution in [2.45, 2.75) is 6.54 Å². The molecule has 0 unspecified atom stereocenters. The zero-order chi connectivity index (χ0) is 13.8. The lowest BCUT2D eigenvalue weighted by molar-refractivity contribution is -0.384. The number of nitrogens with zero attached hydrogens (tertiary/aromatic N) is 2. The number of carbonyl (C=O) groups excluding carboxylic acids is 1. The maximum absolute atomic E-state index is 13.5. The van der Waals surface area contributed by atoms with E-state index in [4.69, 9.17) is 0 Å². The van der Waals surface area contributed by atoms with Gasteiger partial charge in [-0.05, 0) is 6.07 Å². The number of hydrogen-bond donors (Lipinski definition) is 1. The maximum atomic E-state index is 13.5. The first-order valence-corrected chi connectivity index (χ1v) is 6.06. The first-order valence-electron chi connectivity index (χ1n) is 5.18. The summed E-state index contributed by atoms with van der Waals surface area (Å²) in [5, 5.41) is 15.4. The van der Waals surface area contributed by atoms with Gasteiger partial charge in [0.15, 0.2) is 0 Å². The Morgan fingerprint density at radius 2 is 2.32 bits per heavy atom. The highest BCUT2D eigenvalue weighted by Gasteiger charge is 2.16. The molecule has 19 heavy (non-hydrogen) atoms. The van der Waals surface area contributed by atoms with Crippen molar-refractivity contribution in [2.24, 2.45) is 0 Å². The molecule has 1 heterocycles. The fourth-order valence-electron chi connectivity index (χ4n) is 1.39. The molecule has 0 spiro atoms. The number of benzene rings is 1. The number of nitrogens with one attached hydrogen (secondary N) is 1. The van der Waals surface area contributed by atoms with Crippen molar-refractivity contribution in [2.75, 3.05) is 0 Å². The first kappa shape index (κ1) is 13.1. The minimum Gasteiger partial charge on any atom is -0.345 e. The number of hydrogen-bond acceptors (Lipinski definition) is 5. The summed E-state index contributed by atoms with van der Waals surface area (Å²) in [7, 11) is 0. The molecule has 2 rings (SSSR count). The quantitative estimate of drug-likeness (QED) is 0.687. The van der Waals surface area contributed by atoms with Crippen LogP contribution in [-0.2, 0) is 6.54 Å². The average molecular weight is 281 g/mol. The van der Waals surface area contributed by atoms with Crippen molar-refractivity contribution >= 4 is 22.9 Å². The third kappa shape index (κ3) is 3.10. The number of carbonyl (C=O) groups is 1. The Labute approximate surface area is 111 Å². The van der Waals surface area contributed by atoms with E-state index in [1.807, 2.05) is 0 Å². The van der Waals surface area contributed by atoms with Gasteiger partial charge in [0.25, 0.3) is 11.6 Å². The van der Waals surface area contributed by atoms with Crippen molar-refractivity contribution in [3.8, 4) is 0 Å². The van der Waals surface area contributed by atoms with Crippen LogP contribution in [0, 0.1) is 15.9 Å². The van der Waals surface area contributed by atoms with E-state index in [9.17, 15) is 19.3 Å². The molecule has 1 N–H and O–H groups in total. The normalized spacial score (nSPS) is 10.2. The molecule has 0 radical (unpaired) electrons. The van der Waals surface area contributed by atoms with Crippen molar-refractivity contribution < 1.29 is 14.1 Å². The summed E-state index contributed by atoms with van der Waals surface area (Å²) in [6.07, 6.45) is 1.58. The second-order valence-corrected chi connectivity index (χ2v) is 4.51. The lowest BCUT2D eigenvalue weighted by atomic mass is 10.1. The van der Waals surface area contributed by atoms with E-state index in [0.717, 1.165) is 18.2 Å². The summed E-state index contributed by atoms with van der Waals surface area (Å²) in [4.78, 5) is 25.6. The van der Waals surface area contributed by atoms with E-state index in [1.165, 1.54) is 11.3 Å². The van der Waals surface area contributed by atoms with Crippen LogP contribution < -0.4 is 5.32 Å². The summed E-state index contributed by atoms with van der Waals surface area (Å²) in [5.74, 6) is -1.52. The van der Waals surface area contributed by atoms with Crippen LogP contribution in [0.15, 0.2) is 29.8 Å². The molecule has 0 aliphatic heterocycles. The number of amides is 1. The Kier molecular flexibility index (Phi) is 3.81. The van der Waals surface area contributed by atoms with Gasteiger partial charge in [-0.15, -0.1) is 11.3 Å². The average Bonchev–Trinajstić information content (AvgIpc) is 2.89. The molecule has 2 aromatic rings. The van der Waals surface area contributed by atoms with Gasteiger partial charge < -0.3 is 5.32 Å². The van der Waals surface area contributed by atoms with Crippen LogP contribution in [0.25, 0.3) is 0 Å². The van der Waals surface area contributed by atoms with Gasteiger partial charge in [-0.1, -0.05) is 0 Å². The summed E-state index contributed by atoms with van der Waals surface area (Å²) >= 11 is 1.34. The Morgan fingerprint density at radius 3 is 2.95 bits per heavy atom. The van der Waals surface area contributed by atoms with E-state index in [0.29, 0.717) is 5.01 Å². The Morgan fingerprint density at radius 1 is 1.53 bits per heavy atom. The molecule has 0 aliphatic carbocycles. The molecular weight excluding hydrogens is 273 g/mol. The van der Waals surface area contributed by atoms with Crippen molar-refractivity contribution in [3.63, 3.8) is 0 Å².